The number of piperazine rings is 1. The Morgan fingerprint density at radius 1 is 1.03 bits per heavy atom. The minimum atomic E-state index is -3.74. The molecule has 1 aromatic heterocycles. The molecular formula is C22H22FN5O4S. The maximum atomic E-state index is 14.4. The first-order valence-corrected chi connectivity index (χ1v) is 11.6. The van der Waals surface area contributed by atoms with Crippen molar-refractivity contribution < 1.29 is 22.4 Å². The highest BCUT2D eigenvalue weighted by Gasteiger charge is 2.29. The first kappa shape index (κ1) is 22.6. The van der Waals surface area contributed by atoms with Crippen LogP contribution >= 0.6 is 0 Å². The molecule has 172 valence electrons. The Hall–Kier alpha value is -3.57. The molecule has 1 N–H and O–H groups in total. The quantitative estimate of drug-likeness (QED) is 0.614. The lowest BCUT2D eigenvalue weighted by Gasteiger charge is -2.33. The molecule has 33 heavy (non-hydrogen) atoms. The van der Waals surface area contributed by atoms with Gasteiger partial charge in [0.05, 0.1) is 16.9 Å². The Balaban J connectivity index is 1.43. The number of imidazole rings is 1. The standard InChI is InChI=1S/C22H22FN5O4S/c1-16(29)26-10-12-28(13-11-26)33(31,32)19-5-2-17(3-6-19)22(30)25-18-4-7-21(20(23)14-18)27-9-8-24-15-27/h2-9,14-15H,10-13H2,1H3,(H,25,30). The molecule has 0 aliphatic carbocycles. The molecule has 2 amide bonds. The third-order valence-electron chi connectivity index (χ3n) is 5.43. The average Bonchev–Trinajstić information content (AvgIpc) is 3.34. The van der Waals surface area contributed by atoms with E-state index < -0.39 is 21.7 Å². The van der Waals surface area contributed by atoms with Crippen molar-refractivity contribution in [3.8, 4) is 5.69 Å². The number of benzene rings is 2. The molecule has 4 rings (SSSR count). The van der Waals surface area contributed by atoms with Crippen molar-refractivity contribution in [3.63, 3.8) is 0 Å². The van der Waals surface area contributed by atoms with Crippen LogP contribution in [0.1, 0.15) is 17.3 Å². The molecule has 2 heterocycles. The number of aromatic nitrogens is 2. The Labute approximate surface area is 190 Å². The zero-order chi connectivity index (χ0) is 23.6. The Kier molecular flexibility index (Phi) is 6.25. The van der Waals surface area contributed by atoms with Crippen LogP contribution in [0.4, 0.5) is 10.1 Å². The topological polar surface area (TPSA) is 105 Å². The Morgan fingerprint density at radius 3 is 2.30 bits per heavy atom. The molecule has 1 saturated heterocycles. The van der Waals surface area contributed by atoms with E-state index in [2.05, 4.69) is 10.3 Å². The van der Waals surface area contributed by atoms with Crippen LogP contribution in [0.15, 0.2) is 66.1 Å². The van der Waals surface area contributed by atoms with Crippen molar-refractivity contribution >= 4 is 27.5 Å². The summed E-state index contributed by atoms with van der Waals surface area (Å²) in [7, 11) is -3.74. The summed E-state index contributed by atoms with van der Waals surface area (Å²) in [5.41, 5.74) is 0.792. The number of hydrogen-bond acceptors (Lipinski definition) is 5. The van der Waals surface area contributed by atoms with Gasteiger partial charge in [-0.15, -0.1) is 0 Å². The van der Waals surface area contributed by atoms with Crippen molar-refractivity contribution in [3.05, 3.63) is 72.6 Å². The summed E-state index contributed by atoms with van der Waals surface area (Å²) in [6.45, 7) is 2.56. The molecule has 0 bridgehead atoms. The van der Waals surface area contributed by atoms with Crippen LogP contribution in [0.25, 0.3) is 5.69 Å². The monoisotopic (exact) mass is 471 g/mol. The molecule has 1 fully saturated rings. The third kappa shape index (κ3) is 4.78. The molecule has 0 unspecified atom stereocenters. The minimum Gasteiger partial charge on any atom is -0.340 e. The van der Waals surface area contributed by atoms with Gasteiger partial charge in [-0.05, 0) is 42.5 Å². The van der Waals surface area contributed by atoms with E-state index >= 15 is 0 Å². The lowest BCUT2D eigenvalue weighted by Crippen LogP contribution is -2.49. The highest BCUT2D eigenvalue weighted by atomic mass is 32.2. The predicted octanol–water partition coefficient (Wildman–Crippen LogP) is 2.12. The van der Waals surface area contributed by atoms with E-state index in [1.807, 2.05) is 0 Å². The van der Waals surface area contributed by atoms with E-state index in [0.29, 0.717) is 18.8 Å². The molecule has 9 nitrogen and oxygen atoms in total. The first-order chi connectivity index (χ1) is 15.8. The van der Waals surface area contributed by atoms with Crippen LogP contribution in [-0.2, 0) is 14.8 Å². The summed E-state index contributed by atoms with van der Waals surface area (Å²) in [6.07, 6.45) is 4.61. The number of nitrogens with zero attached hydrogens (tertiary/aromatic N) is 4. The lowest BCUT2D eigenvalue weighted by atomic mass is 10.2. The minimum absolute atomic E-state index is 0.0612. The van der Waals surface area contributed by atoms with Crippen molar-refractivity contribution in [2.45, 2.75) is 11.8 Å². The number of carbonyl (C=O) groups is 2. The summed E-state index contributed by atoms with van der Waals surface area (Å²) in [6, 6.07) is 9.83. The second-order valence-corrected chi connectivity index (χ2v) is 9.46. The van der Waals surface area contributed by atoms with Gasteiger partial charge < -0.3 is 14.8 Å². The van der Waals surface area contributed by atoms with Gasteiger partial charge in [0.2, 0.25) is 15.9 Å². The van der Waals surface area contributed by atoms with Gasteiger partial charge in [0.25, 0.3) is 5.91 Å². The molecule has 3 aromatic rings. The summed E-state index contributed by atoms with van der Waals surface area (Å²) in [5.74, 6) is -1.11. The second-order valence-electron chi connectivity index (χ2n) is 7.52. The van der Waals surface area contributed by atoms with Crippen LogP contribution in [0.5, 0.6) is 0 Å². The Bertz CT molecular complexity index is 1270. The highest BCUT2D eigenvalue weighted by molar-refractivity contribution is 7.89. The molecule has 0 radical (unpaired) electrons. The summed E-state index contributed by atoms with van der Waals surface area (Å²) >= 11 is 0. The Morgan fingerprint density at radius 2 is 1.73 bits per heavy atom. The van der Waals surface area contributed by atoms with Crippen molar-refractivity contribution in [2.75, 3.05) is 31.5 Å². The zero-order valence-electron chi connectivity index (χ0n) is 17.8. The van der Waals surface area contributed by atoms with Crippen LogP contribution in [0.2, 0.25) is 0 Å². The molecule has 2 aromatic carbocycles. The fourth-order valence-corrected chi connectivity index (χ4v) is 4.99. The van der Waals surface area contributed by atoms with Crippen molar-refractivity contribution in [2.24, 2.45) is 0 Å². The number of anilines is 1. The number of halogens is 1. The first-order valence-electron chi connectivity index (χ1n) is 10.2. The van der Waals surface area contributed by atoms with Gasteiger partial charge in [-0.3, -0.25) is 9.59 Å². The average molecular weight is 472 g/mol. The highest BCUT2D eigenvalue weighted by Crippen LogP contribution is 2.21. The van der Waals surface area contributed by atoms with Crippen LogP contribution < -0.4 is 5.32 Å². The molecule has 0 spiro atoms. The fraction of sp³-hybridized carbons (Fsp3) is 0.227. The van der Waals surface area contributed by atoms with Crippen LogP contribution in [-0.4, -0.2) is 65.2 Å². The van der Waals surface area contributed by atoms with Crippen molar-refractivity contribution in [1.82, 2.24) is 18.8 Å². The SMILES string of the molecule is CC(=O)N1CCN(S(=O)(=O)c2ccc(C(=O)Nc3ccc(-n4ccnc4)c(F)c3)cc2)CC1. The third-order valence-corrected chi connectivity index (χ3v) is 7.34. The maximum absolute atomic E-state index is 14.4. The van der Waals surface area contributed by atoms with Gasteiger partial charge in [-0.2, -0.15) is 4.31 Å². The van der Waals surface area contributed by atoms with Gasteiger partial charge in [-0.25, -0.2) is 17.8 Å². The molecular weight excluding hydrogens is 449 g/mol. The molecule has 1 aliphatic rings. The number of hydrogen-bond donors (Lipinski definition) is 1. The van der Waals surface area contributed by atoms with E-state index in [4.69, 9.17) is 0 Å². The zero-order valence-corrected chi connectivity index (χ0v) is 18.6. The number of rotatable bonds is 5. The van der Waals surface area contributed by atoms with Gasteiger partial charge in [0, 0.05) is 56.7 Å². The summed E-state index contributed by atoms with van der Waals surface area (Å²) in [5, 5.41) is 2.61. The van der Waals surface area contributed by atoms with Gasteiger partial charge in [0.1, 0.15) is 5.82 Å². The fourth-order valence-electron chi connectivity index (χ4n) is 3.57. The van der Waals surface area contributed by atoms with Gasteiger partial charge in [-0.1, -0.05) is 0 Å². The number of sulfonamides is 1. The number of nitrogens with one attached hydrogen (secondary N) is 1. The molecule has 0 saturated carbocycles. The van der Waals surface area contributed by atoms with E-state index in [9.17, 15) is 22.4 Å². The largest absolute Gasteiger partial charge is 0.340 e. The predicted molar refractivity (Wildman–Crippen MR) is 119 cm³/mol. The van der Waals surface area contributed by atoms with E-state index in [1.54, 1.807) is 17.2 Å². The normalized spacial score (nSPS) is 14.8. The van der Waals surface area contributed by atoms with E-state index in [1.165, 1.54) is 64.7 Å². The molecule has 11 heteroatoms. The van der Waals surface area contributed by atoms with E-state index in [-0.39, 0.29) is 35.1 Å². The summed E-state index contributed by atoms with van der Waals surface area (Å²) < 4.78 is 43.0. The second kappa shape index (κ2) is 9.12. The smallest absolute Gasteiger partial charge is 0.255 e. The maximum Gasteiger partial charge on any atom is 0.255 e. The number of carbonyl (C=O) groups excluding carboxylic acids is 2. The van der Waals surface area contributed by atoms with Crippen molar-refractivity contribution in [1.29, 1.82) is 0 Å². The van der Waals surface area contributed by atoms with Crippen LogP contribution in [0, 0.1) is 5.82 Å². The summed E-state index contributed by atoms with van der Waals surface area (Å²) in [4.78, 5) is 29.5. The van der Waals surface area contributed by atoms with Gasteiger partial charge in [0.15, 0.2) is 0 Å². The van der Waals surface area contributed by atoms with Gasteiger partial charge >= 0.3 is 0 Å². The van der Waals surface area contributed by atoms with E-state index in [0.717, 1.165) is 0 Å². The molecule has 0 atom stereocenters. The molecule has 1 aliphatic heterocycles. The lowest BCUT2D eigenvalue weighted by molar-refractivity contribution is -0.129. The van der Waals surface area contributed by atoms with Crippen LogP contribution in [0.3, 0.4) is 0 Å². The number of amides is 2.